The predicted octanol–water partition coefficient (Wildman–Crippen LogP) is 4.18. The van der Waals surface area contributed by atoms with Gasteiger partial charge in [0.15, 0.2) is 11.5 Å². The molecular weight excluding hydrogens is 328 g/mol. The molecule has 106 valence electrons. The van der Waals surface area contributed by atoms with Crippen LogP contribution < -0.4 is 9.47 Å². The van der Waals surface area contributed by atoms with Gasteiger partial charge in [-0.25, -0.2) is 0 Å². The predicted molar refractivity (Wildman–Crippen MR) is 83.8 cm³/mol. The number of rotatable bonds is 9. The van der Waals surface area contributed by atoms with Crippen LogP contribution >= 0.6 is 27.7 Å². The highest BCUT2D eigenvalue weighted by molar-refractivity contribution is 9.10. The van der Waals surface area contributed by atoms with E-state index in [4.69, 9.17) is 9.47 Å². The van der Waals surface area contributed by atoms with Crippen molar-refractivity contribution in [1.82, 2.24) is 0 Å². The maximum absolute atomic E-state index is 10.8. The lowest BCUT2D eigenvalue weighted by atomic mass is 10.2. The summed E-state index contributed by atoms with van der Waals surface area (Å²) in [6, 6.07) is 3.45. The van der Waals surface area contributed by atoms with Crippen LogP contribution in [0.25, 0.3) is 0 Å². The van der Waals surface area contributed by atoms with Crippen LogP contribution in [0.5, 0.6) is 11.5 Å². The molecule has 0 amide bonds. The first-order valence-electron chi connectivity index (χ1n) is 6.35. The summed E-state index contributed by atoms with van der Waals surface area (Å²) in [6.45, 7) is 5.24. The molecule has 3 nitrogen and oxygen atoms in total. The summed E-state index contributed by atoms with van der Waals surface area (Å²) in [5, 5.41) is 0. The third-order valence-electron chi connectivity index (χ3n) is 2.35. The van der Waals surface area contributed by atoms with Crippen LogP contribution in [0.2, 0.25) is 0 Å². The number of ether oxygens (including phenoxy) is 2. The molecule has 19 heavy (non-hydrogen) atoms. The number of carbonyl (C=O) groups is 1. The van der Waals surface area contributed by atoms with E-state index in [9.17, 15) is 4.79 Å². The maximum Gasteiger partial charge on any atom is 0.175 e. The van der Waals surface area contributed by atoms with Crippen LogP contribution in [-0.4, -0.2) is 31.0 Å². The second-order valence-electron chi connectivity index (χ2n) is 3.78. The fraction of sp³-hybridized carbons (Fsp3) is 0.500. The van der Waals surface area contributed by atoms with E-state index in [0.717, 1.165) is 28.7 Å². The van der Waals surface area contributed by atoms with E-state index in [2.05, 4.69) is 22.9 Å². The summed E-state index contributed by atoms with van der Waals surface area (Å²) in [5.41, 5.74) is 0.573. The minimum atomic E-state index is 0.538. The molecule has 0 fully saturated rings. The standard InChI is InChI=1S/C14H19BrO3S/c1-3-17-13-9-11(10-16)8-12(15)14(13)18-6-5-7-19-4-2/h8-10H,3-7H2,1-2H3. The van der Waals surface area contributed by atoms with Gasteiger partial charge in [-0.1, -0.05) is 6.92 Å². The molecule has 1 rings (SSSR count). The lowest BCUT2D eigenvalue weighted by molar-refractivity contribution is 0.112. The molecule has 0 saturated carbocycles. The average Bonchev–Trinajstić information content (AvgIpc) is 2.41. The smallest absolute Gasteiger partial charge is 0.175 e. The van der Waals surface area contributed by atoms with E-state index in [-0.39, 0.29) is 0 Å². The fourth-order valence-electron chi connectivity index (χ4n) is 1.54. The van der Waals surface area contributed by atoms with Crippen molar-refractivity contribution in [2.24, 2.45) is 0 Å². The van der Waals surface area contributed by atoms with Crippen molar-refractivity contribution in [2.45, 2.75) is 20.3 Å². The summed E-state index contributed by atoms with van der Waals surface area (Å²) < 4.78 is 12.0. The Morgan fingerprint density at radius 2 is 2.11 bits per heavy atom. The number of aldehydes is 1. The molecule has 0 aliphatic carbocycles. The number of hydrogen-bond donors (Lipinski definition) is 0. The van der Waals surface area contributed by atoms with E-state index in [0.29, 0.717) is 30.3 Å². The van der Waals surface area contributed by atoms with Crippen molar-refractivity contribution in [3.8, 4) is 11.5 Å². The first-order valence-corrected chi connectivity index (χ1v) is 8.29. The van der Waals surface area contributed by atoms with Crippen LogP contribution in [0, 0.1) is 0 Å². The molecule has 1 aromatic rings. The van der Waals surface area contributed by atoms with Gasteiger partial charge in [0.2, 0.25) is 0 Å². The van der Waals surface area contributed by atoms with Crippen molar-refractivity contribution >= 4 is 34.0 Å². The van der Waals surface area contributed by atoms with Crippen molar-refractivity contribution < 1.29 is 14.3 Å². The first kappa shape index (κ1) is 16.4. The highest BCUT2D eigenvalue weighted by atomic mass is 79.9. The second kappa shape index (κ2) is 9.26. The summed E-state index contributed by atoms with van der Waals surface area (Å²) in [4.78, 5) is 10.8. The first-order chi connectivity index (χ1) is 9.22. The van der Waals surface area contributed by atoms with Gasteiger partial charge in [0.25, 0.3) is 0 Å². The van der Waals surface area contributed by atoms with Gasteiger partial charge >= 0.3 is 0 Å². The summed E-state index contributed by atoms with van der Waals surface area (Å²) in [5.74, 6) is 3.50. The molecule has 0 saturated heterocycles. The molecule has 0 aliphatic rings. The fourth-order valence-corrected chi connectivity index (χ4v) is 2.72. The van der Waals surface area contributed by atoms with E-state index >= 15 is 0 Å². The lowest BCUT2D eigenvalue weighted by Crippen LogP contribution is -2.03. The monoisotopic (exact) mass is 346 g/mol. The van der Waals surface area contributed by atoms with E-state index in [1.165, 1.54) is 0 Å². The van der Waals surface area contributed by atoms with Crippen molar-refractivity contribution in [2.75, 3.05) is 24.7 Å². The zero-order valence-electron chi connectivity index (χ0n) is 11.3. The van der Waals surface area contributed by atoms with E-state index in [1.54, 1.807) is 12.1 Å². The summed E-state index contributed by atoms with van der Waals surface area (Å²) >= 11 is 5.32. The van der Waals surface area contributed by atoms with Crippen LogP contribution in [0.15, 0.2) is 16.6 Å². The quantitative estimate of drug-likeness (QED) is 0.496. The van der Waals surface area contributed by atoms with Crippen molar-refractivity contribution in [1.29, 1.82) is 0 Å². The Labute approximate surface area is 127 Å². The Balaban J connectivity index is 2.71. The number of thioether (sulfide) groups is 1. The van der Waals surface area contributed by atoms with Crippen LogP contribution in [-0.2, 0) is 0 Å². The van der Waals surface area contributed by atoms with Crippen molar-refractivity contribution in [3.63, 3.8) is 0 Å². The molecule has 0 aliphatic heterocycles. The van der Waals surface area contributed by atoms with Gasteiger partial charge in [-0.3, -0.25) is 4.79 Å². The van der Waals surface area contributed by atoms with Gasteiger partial charge in [0, 0.05) is 5.56 Å². The van der Waals surface area contributed by atoms with Gasteiger partial charge in [-0.15, -0.1) is 0 Å². The number of halogens is 1. The number of benzene rings is 1. The Morgan fingerprint density at radius 3 is 2.74 bits per heavy atom. The molecule has 1 aromatic carbocycles. The Morgan fingerprint density at radius 1 is 1.32 bits per heavy atom. The SMILES string of the molecule is CCOc1cc(C=O)cc(Br)c1OCCCSCC. The van der Waals surface area contributed by atoms with E-state index < -0.39 is 0 Å². The zero-order chi connectivity index (χ0) is 14.1. The van der Waals surface area contributed by atoms with Gasteiger partial charge in [-0.2, -0.15) is 11.8 Å². The van der Waals surface area contributed by atoms with Gasteiger partial charge in [0.05, 0.1) is 17.7 Å². The molecule has 0 bridgehead atoms. The van der Waals surface area contributed by atoms with Gasteiger partial charge < -0.3 is 9.47 Å². The van der Waals surface area contributed by atoms with Crippen LogP contribution in [0.3, 0.4) is 0 Å². The molecule has 0 heterocycles. The van der Waals surface area contributed by atoms with E-state index in [1.807, 2.05) is 18.7 Å². The Kier molecular flexibility index (Phi) is 7.98. The highest BCUT2D eigenvalue weighted by Gasteiger charge is 2.11. The number of carbonyl (C=O) groups excluding carboxylic acids is 1. The largest absolute Gasteiger partial charge is 0.490 e. The maximum atomic E-state index is 10.8. The van der Waals surface area contributed by atoms with Crippen molar-refractivity contribution in [3.05, 3.63) is 22.2 Å². The van der Waals surface area contributed by atoms with Crippen LogP contribution in [0.1, 0.15) is 30.6 Å². The zero-order valence-corrected chi connectivity index (χ0v) is 13.7. The topological polar surface area (TPSA) is 35.5 Å². The average molecular weight is 347 g/mol. The normalized spacial score (nSPS) is 10.3. The third kappa shape index (κ3) is 5.45. The molecule has 0 spiro atoms. The molecule has 0 radical (unpaired) electrons. The van der Waals surface area contributed by atoms with Gasteiger partial charge in [0.1, 0.15) is 6.29 Å². The third-order valence-corrected chi connectivity index (χ3v) is 3.93. The van der Waals surface area contributed by atoms with Gasteiger partial charge in [-0.05, 0) is 52.9 Å². The second-order valence-corrected chi connectivity index (χ2v) is 6.03. The summed E-state index contributed by atoms with van der Waals surface area (Å²) in [6.07, 6.45) is 1.79. The Bertz CT molecular complexity index is 410. The molecule has 0 N–H and O–H groups in total. The molecule has 5 heteroatoms. The lowest BCUT2D eigenvalue weighted by Gasteiger charge is -2.14. The minimum absolute atomic E-state index is 0.538. The molecule has 0 aromatic heterocycles. The summed E-state index contributed by atoms with van der Waals surface area (Å²) in [7, 11) is 0. The Hall–Kier alpha value is -0.680. The van der Waals surface area contributed by atoms with Crippen LogP contribution in [0.4, 0.5) is 0 Å². The highest BCUT2D eigenvalue weighted by Crippen LogP contribution is 2.36. The molecule has 0 unspecified atom stereocenters. The molecular formula is C14H19BrO3S. The minimum Gasteiger partial charge on any atom is -0.490 e. The number of hydrogen-bond acceptors (Lipinski definition) is 4. The molecule has 0 atom stereocenters.